The normalized spacial score (nSPS) is 9.62. The number of thiophene rings is 1. The zero-order chi connectivity index (χ0) is 9.68. The van der Waals surface area contributed by atoms with Crippen LogP contribution in [0.5, 0.6) is 0 Å². The summed E-state index contributed by atoms with van der Waals surface area (Å²) in [6.07, 6.45) is 1.31. The number of carbonyl (C=O) groups is 2. The van der Waals surface area contributed by atoms with Crippen LogP contribution in [-0.4, -0.2) is 11.7 Å². The molecule has 0 saturated heterocycles. The number of nitrogens with one attached hydrogen (secondary N) is 1. The van der Waals surface area contributed by atoms with Gasteiger partial charge in [0.15, 0.2) is 5.78 Å². The SMILES string of the molecule is NNC(=O)[CH]CC(=O)c1cccs1. The molecular weight excluding hydrogens is 188 g/mol. The Morgan fingerprint density at radius 2 is 2.38 bits per heavy atom. The Bertz CT molecular complexity index is 295. The maximum atomic E-state index is 11.3. The molecule has 1 rings (SSSR count). The lowest BCUT2D eigenvalue weighted by molar-refractivity contribution is -0.118. The van der Waals surface area contributed by atoms with Gasteiger partial charge in [0, 0.05) is 6.42 Å². The lowest BCUT2D eigenvalue weighted by Crippen LogP contribution is -2.30. The molecule has 0 atom stereocenters. The highest BCUT2D eigenvalue weighted by molar-refractivity contribution is 7.12. The fourth-order valence-electron chi connectivity index (χ4n) is 0.782. The zero-order valence-electron chi connectivity index (χ0n) is 6.82. The summed E-state index contributed by atoms with van der Waals surface area (Å²) >= 11 is 1.36. The van der Waals surface area contributed by atoms with Crippen LogP contribution in [0.1, 0.15) is 16.1 Å². The molecule has 1 amide bonds. The third-order valence-corrected chi connectivity index (χ3v) is 2.32. The molecule has 0 aliphatic rings. The van der Waals surface area contributed by atoms with Crippen LogP contribution in [0.2, 0.25) is 0 Å². The summed E-state index contributed by atoms with van der Waals surface area (Å²) in [5.74, 6) is 4.33. The Morgan fingerprint density at radius 3 is 2.92 bits per heavy atom. The fraction of sp³-hybridized carbons (Fsp3) is 0.125. The number of hydrogen-bond donors (Lipinski definition) is 2. The molecule has 0 spiro atoms. The van der Waals surface area contributed by atoms with Crippen LogP contribution < -0.4 is 11.3 Å². The van der Waals surface area contributed by atoms with Crippen LogP contribution in [0, 0.1) is 6.42 Å². The van der Waals surface area contributed by atoms with Crippen LogP contribution in [0.25, 0.3) is 0 Å². The van der Waals surface area contributed by atoms with Gasteiger partial charge < -0.3 is 0 Å². The van der Waals surface area contributed by atoms with E-state index < -0.39 is 5.91 Å². The lowest BCUT2D eigenvalue weighted by atomic mass is 10.2. The van der Waals surface area contributed by atoms with Gasteiger partial charge in [-0.3, -0.25) is 15.0 Å². The Hall–Kier alpha value is -1.20. The number of hydrogen-bond acceptors (Lipinski definition) is 4. The summed E-state index contributed by atoms with van der Waals surface area (Å²) in [5, 5.41) is 1.82. The number of hydrazine groups is 1. The second-order valence-corrected chi connectivity index (χ2v) is 3.27. The van der Waals surface area contributed by atoms with Crippen molar-refractivity contribution in [1.82, 2.24) is 5.43 Å². The first-order valence-electron chi connectivity index (χ1n) is 3.64. The largest absolute Gasteiger partial charge is 0.294 e. The third kappa shape index (κ3) is 2.96. The van der Waals surface area contributed by atoms with Crippen LogP contribution >= 0.6 is 11.3 Å². The van der Waals surface area contributed by atoms with Gasteiger partial charge in [-0.1, -0.05) is 6.07 Å². The van der Waals surface area contributed by atoms with Gasteiger partial charge in [-0.2, -0.15) is 0 Å². The van der Waals surface area contributed by atoms with Crippen molar-refractivity contribution in [2.75, 3.05) is 0 Å². The molecule has 0 aliphatic heterocycles. The standard InChI is InChI=1S/C8H9N2O2S/c9-10-8(12)4-3-6(11)7-2-1-5-13-7/h1-2,4-5H,3,9H2,(H,10,12). The summed E-state index contributed by atoms with van der Waals surface area (Å²) in [5.41, 5.74) is 1.92. The summed E-state index contributed by atoms with van der Waals surface area (Å²) < 4.78 is 0. The van der Waals surface area contributed by atoms with Crippen LogP contribution in [-0.2, 0) is 4.79 Å². The Labute approximate surface area is 79.7 Å². The van der Waals surface area contributed by atoms with E-state index in [0.29, 0.717) is 4.88 Å². The van der Waals surface area contributed by atoms with Crippen molar-refractivity contribution in [3.8, 4) is 0 Å². The van der Waals surface area contributed by atoms with E-state index in [1.807, 2.05) is 10.8 Å². The van der Waals surface area contributed by atoms with E-state index >= 15 is 0 Å². The maximum Gasteiger partial charge on any atom is 0.238 e. The molecule has 0 bridgehead atoms. The molecule has 0 unspecified atom stereocenters. The van der Waals surface area contributed by atoms with E-state index in [0.717, 1.165) is 0 Å². The lowest BCUT2D eigenvalue weighted by Gasteiger charge is -1.96. The van der Waals surface area contributed by atoms with Gasteiger partial charge in [0.05, 0.1) is 11.3 Å². The highest BCUT2D eigenvalue weighted by Gasteiger charge is 2.08. The van der Waals surface area contributed by atoms with Gasteiger partial charge in [0.25, 0.3) is 0 Å². The smallest absolute Gasteiger partial charge is 0.238 e. The minimum absolute atomic E-state index is 0.0707. The quantitative estimate of drug-likeness (QED) is 0.320. The monoisotopic (exact) mass is 197 g/mol. The van der Waals surface area contributed by atoms with Crippen LogP contribution in [0.3, 0.4) is 0 Å². The molecule has 1 aromatic heterocycles. The number of carbonyl (C=O) groups excluding carboxylic acids is 2. The minimum atomic E-state index is -0.440. The average molecular weight is 197 g/mol. The second-order valence-electron chi connectivity index (χ2n) is 2.32. The molecule has 4 nitrogen and oxygen atoms in total. The number of rotatable bonds is 4. The summed E-state index contributed by atoms with van der Waals surface area (Å²) in [7, 11) is 0. The van der Waals surface area contributed by atoms with Gasteiger partial charge in [0.1, 0.15) is 0 Å². The Balaban J connectivity index is 2.39. The van der Waals surface area contributed by atoms with Crippen molar-refractivity contribution >= 4 is 23.0 Å². The zero-order valence-corrected chi connectivity index (χ0v) is 7.64. The van der Waals surface area contributed by atoms with Crippen LogP contribution in [0.4, 0.5) is 0 Å². The summed E-state index contributed by atoms with van der Waals surface area (Å²) in [6, 6.07) is 3.52. The van der Waals surface area contributed by atoms with Gasteiger partial charge in [-0.05, 0) is 11.4 Å². The van der Waals surface area contributed by atoms with Gasteiger partial charge in [-0.25, -0.2) is 5.84 Å². The molecule has 0 saturated carbocycles. The number of Topliss-reactive ketones (excluding diaryl/α,β-unsaturated/α-hetero) is 1. The van der Waals surface area contributed by atoms with Gasteiger partial charge in [0.2, 0.25) is 5.91 Å². The van der Waals surface area contributed by atoms with E-state index in [-0.39, 0.29) is 12.2 Å². The molecule has 0 aromatic carbocycles. The van der Waals surface area contributed by atoms with Crippen LogP contribution in [0.15, 0.2) is 17.5 Å². The summed E-state index contributed by atoms with van der Waals surface area (Å²) in [6.45, 7) is 0. The minimum Gasteiger partial charge on any atom is -0.294 e. The highest BCUT2D eigenvalue weighted by atomic mass is 32.1. The Morgan fingerprint density at radius 1 is 1.62 bits per heavy atom. The Kier molecular flexibility index (Phi) is 3.60. The molecule has 1 heterocycles. The molecule has 3 N–H and O–H groups in total. The number of amides is 1. The molecule has 0 fully saturated rings. The predicted molar refractivity (Wildman–Crippen MR) is 49.9 cm³/mol. The van der Waals surface area contributed by atoms with Crippen molar-refractivity contribution in [2.24, 2.45) is 5.84 Å². The maximum absolute atomic E-state index is 11.3. The molecule has 13 heavy (non-hydrogen) atoms. The van der Waals surface area contributed by atoms with Gasteiger partial charge in [-0.15, -0.1) is 11.3 Å². The predicted octanol–water partition coefficient (Wildman–Crippen LogP) is 0.515. The van der Waals surface area contributed by atoms with E-state index in [4.69, 9.17) is 5.84 Å². The van der Waals surface area contributed by atoms with Crippen molar-refractivity contribution in [2.45, 2.75) is 6.42 Å². The first-order chi connectivity index (χ1) is 6.24. The van der Waals surface area contributed by atoms with Crippen molar-refractivity contribution in [3.63, 3.8) is 0 Å². The van der Waals surface area contributed by atoms with Gasteiger partial charge >= 0.3 is 0 Å². The van der Waals surface area contributed by atoms with E-state index in [1.165, 1.54) is 17.8 Å². The number of nitrogens with two attached hydrogens (primary N) is 1. The topological polar surface area (TPSA) is 72.2 Å². The first kappa shape index (κ1) is 9.88. The summed E-state index contributed by atoms with van der Waals surface area (Å²) in [4.78, 5) is 22.6. The molecular formula is C8H9N2O2S. The van der Waals surface area contributed by atoms with Crippen molar-refractivity contribution in [1.29, 1.82) is 0 Å². The van der Waals surface area contributed by atoms with E-state index in [2.05, 4.69) is 0 Å². The average Bonchev–Trinajstić information content (AvgIpc) is 2.66. The molecule has 0 aliphatic carbocycles. The molecule has 1 radical (unpaired) electrons. The van der Waals surface area contributed by atoms with Crippen molar-refractivity contribution in [3.05, 3.63) is 28.8 Å². The third-order valence-electron chi connectivity index (χ3n) is 1.41. The van der Waals surface area contributed by atoms with Crippen molar-refractivity contribution < 1.29 is 9.59 Å². The molecule has 5 heteroatoms. The van der Waals surface area contributed by atoms with E-state index in [9.17, 15) is 9.59 Å². The number of ketones is 1. The molecule has 1 aromatic rings. The highest BCUT2D eigenvalue weighted by Crippen LogP contribution is 2.11. The first-order valence-corrected chi connectivity index (χ1v) is 4.52. The fourth-order valence-corrected chi connectivity index (χ4v) is 1.46. The van der Waals surface area contributed by atoms with E-state index in [1.54, 1.807) is 12.1 Å². The molecule has 69 valence electrons. The second kappa shape index (κ2) is 4.74.